The predicted molar refractivity (Wildman–Crippen MR) is 77.4 cm³/mol. The molecule has 0 amide bonds. The highest BCUT2D eigenvalue weighted by atomic mass is 32.2. The number of aromatic nitrogens is 1. The van der Waals surface area contributed by atoms with Gasteiger partial charge in [0.2, 0.25) is 5.88 Å². The summed E-state index contributed by atoms with van der Waals surface area (Å²) in [4.78, 5) is 4.09. The second-order valence-electron chi connectivity index (χ2n) is 4.04. The maximum Gasteiger partial charge on any atom is 0.265 e. The summed E-state index contributed by atoms with van der Waals surface area (Å²) in [5.41, 5.74) is 0.630. The number of ether oxygens (including phenoxy) is 1. The Kier molecular flexibility index (Phi) is 4.24. The van der Waals surface area contributed by atoms with Crippen molar-refractivity contribution < 1.29 is 13.2 Å². The summed E-state index contributed by atoms with van der Waals surface area (Å²) >= 11 is 0. The van der Waals surface area contributed by atoms with Gasteiger partial charge in [0, 0.05) is 12.6 Å². The molecule has 106 valence electrons. The molecular weight excluding hydrogens is 276 g/mol. The van der Waals surface area contributed by atoms with Gasteiger partial charge in [-0.2, -0.15) is 0 Å². The number of hydrogen-bond acceptors (Lipinski definition) is 4. The van der Waals surface area contributed by atoms with Gasteiger partial charge in [0.1, 0.15) is 4.90 Å². The molecule has 2 rings (SSSR count). The molecule has 6 heteroatoms. The molecule has 0 atom stereocenters. The molecule has 0 bridgehead atoms. The van der Waals surface area contributed by atoms with Crippen LogP contribution in [0, 0.1) is 0 Å². The van der Waals surface area contributed by atoms with Crippen molar-refractivity contribution in [2.45, 2.75) is 11.8 Å². The minimum Gasteiger partial charge on any atom is -0.481 e. The predicted octanol–water partition coefficient (Wildman–Crippen LogP) is 2.31. The first-order valence-electron chi connectivity index (χ1n) is 6.17. The van der Waals surface area contributed by atoms with E-state index in [1.54, 1.807) is 31.2 Å². The van der Waals surface area contributed by atoms with E-state index in [0.717, 1.165) is 0 Å². The largest absolute Gasteiger partial charge is 0.481 e. The van der Waals surface area contributed by atoms with Gasteiger partial charge in [-0.15, -0.1) is 0 Å². The molecule has 0 saturated carbocycles. The molecule has 1 heterocycles. The number of hydrogen-bond donors (Lipinski definition) is 0. The SMILES string of the molecule is CCN(c1ccccc1)S(=O)(=O)c1ccc(OC)nc1. The fourth-order valence-electron chi connectivity index (χ4n) is 1.85. The molecule has 0 N–H and O–H groups in total. The summed E-state index contributed by atoms with van der Waals surface area (Å²) in [6.45, 7) is 2.14. The first-order valence-corrected chi connectivity index (χ1v) is 7.61. The zero-order valence-corrected chi connectivity index (χ0v) is 12.2. The molecule has 1 aromatic heterocycles. The van der Waals surface area contributed by atoms with E-state index in [9.17, 15) is 8.42 Å². The van der Waals surface area contributed by atoms with Crippen molar-refractivity contribution in [1.82, 2.24) is 4.98 Å². The van der Waals surface area contributed by atoms with Crippen LogP contribution in [0.2, 0.25) is 0 Å². The Balaban J connectivity index is 2.41. The first-order chi connectivity index (χ1) is 9.59. The third-order valence-electron chi connectivity index (χ3n) is 2.84. The minimum absolute atomic E-state index is 0.143. The second-order valence-corrected chi connectivity index (χ2v) is 5.90. The lowest BCUT2D eigenvalue weighted by atomic mass is 10.3. The summed E-state index contributed by atoms with van der Waals surface area (Å²) in [5, 5.41) is 0. The van der Waals surface area contributed by atoms with Gasteiger partial charge in [0.15, 0.2) is 0 Å². The zero-order valence-electron chi connectivity index (χ0n) is 11.4. The molecule has 0 aliphatic carbocycles. The van der Waals surface area contributed by atoms with E-state index in [4.69, 9.17) is 4.74 Å². The smallest absolute Gasteiger partial charge is 0.265 e. The molecule has 0 radical (unpaired) electrons. The molecule has 1 aromatic carbocycles. The molecule has 0 fully saturated rings. The van der Waals surface area contributed by atoms with E-state index in [1.165, 1.54) is 29.7 Å². The first kappa shape index (κ1) is 14.3. The molecule has 0 saturated heterocycles. The van der Waals surface area contributed by atoms with Crippen molar-refractivity contribution >= 4 is 15.7 Å². The van der Waals surface area contributed by atoms with Crippen LogP contribution in [-0.2, 0) is 10.0 Å². The highest BCUT2D eigenvalue weighted by Gasteiger charge is 2.23. The Bertz CT molecular complexity index is 655. The van der Waals surface area contributed by atoms with Gasteiger partial charge in [0.25, 0.3) is 10.0 Å². The average molecular weight is 292 g/mol. The van der Waals surface area contributed by atoms with Gasteiger partial charge in [-0.3, -0.25) is 4.31 Å². The Morgan fingerprint density at radius 1 is 1.15 bits per heavy atom. The number of para-hydroxylation sites is 1. The molecule has 20 heavy (non-hydrogen) atoms. The lowest BCUT2D eigenvalue weighted by molar-refractivity contribution is 0.397. The average Bonchev–Trinajstić information content (AvgIpc) is 2.49. The van der Waals surface area contributed by atoms with Crippen molar-refractivity contribution in [3.63, 3.8) is 0 Å². The minimum atomic E-state index is -3.61. The van der Waals surface area contributed by atoms with Gasteiger partial charge in [-0.25, -0.2) is 13.4 Å². The Morgan fingerprint density at radius 2 is 1.85 bits per heavy atom. The van der Waals surface area contributed by atoms with Crippen LogP contribution in [-0.4, -0.2) is 27.1 Å². The Hall–Kier alpha value is -2.08. The van der Waals surface area contributed by atoms with E-state index in [1.807, 2.05) is 6.07 Å². The lowest BCUT2D eigenvalue weighted by Gasteiger charge is -2.22. The Morgan fingerprint density at radius 3 is 2.35 bits per heavy atom. The van der Waals surface area contributed by atoms with Crippen LogP contribution in [0.5, 0.6) is 5.88 Å². The highest BCUT2D eigenvalue weighted by molar-refractivity contribution is 7.92. The van der Waals surface area contributed by atoms with Gasteiger partial charge in [0.05, 0.1) is 19.0 Å². The van der Waals surface area contributed by atoms with E-state index in [0.29, 0.717) is 18.1 Å². The number of sulfonamides is 1. The normalized spacial score (nSPS) is 11.1. The van der Waals surface area contributed by atoms with E-state index in [2.05, 4.69) is 4.98 Å². The molecule has 0 aliphatic heterocycles. The van der Waals surface area contributed by atoms with Crippen LogP contribution in [0.4, 0.5) is 5.69 Å². The van der Waals surface area contributed by atoms with Crippen molar-refractivity contribution in [2.24, 2.45) is 0 Å². The van der Waals surface area contributed by atoms with Gasteiger partial charge in [-0.1, -0.05) is 18.2 Å². The van der Waals surface area contributed by atoms with E-state index < -0.39 is 10.0 Å². The van der Waals surface area contributed by atoms with Crippen molar-refractivity contribution in [1.29, 1.82) is 0 Å². The number of pyridine rings is 1. The number of methoxy groups -OCH3 is 1. The third-order valence-corrected chi connectivity index (χ3v) is 4.72. The fourth-order valence-corrected chi connectivity index (χ4v) is 3.27. The van der Waals surface area contributed by atoms with Crippen LogP contribution < -0.4 is 9.04 Å². The maximum atomic E-state index is 12.6. The summed E-state index contributed by atoms with van der Waals surface area (Å²) in [6.07, 6.45) is 1.31. The van der Waals surface area contributed by atoms with E-state index in [-0.39, 0.29) is 4.90 Å². The standard InChI is InChI=1S/C14H16N2O3S/c1-3-16(12-7-5-4-6-8-12)20(17,18)13-9-10-14(19-2)15-11-13/h4-11H,3H2,1-2H3. The fraction of sp³-hybridized carbons (Fsp3) is 0.214. The topological polar surface area (TPSA) is 59.5 Å². The van der Waals surface area contributed by atoms with Crippen molar-refractivity contribution in [3.8, 4) is 5.88 Å². The van der Waals surface area contributed by atoms with E-state index >= 15 is 0 Å². The number of benzene rings is 1. The summed E-state index contributed by atoms with van der Waals surface area (Å²) in [6, 6.07) is 12.0. The molecule has 0 aliphatic rings. The number of nitrogens with zero attached hydrogens (tertiary/aromatic N) is 2. The number of rotatable bonds is 5. The highest BCUT2D eigenvalue weighted by Crippen LogP contribution is 2.23. The molecule has 0 unspecified atom stereocenters. The van der Waals surface area contributed by atoms with Crippen LogP contribution in [0.15, 0.2) is 53.6 Å². The molecular formula is C14H16N2O3S. The quantitative estimate of drug-likeness (QED) is 0.848. The van der Waals surface area contributed by atoms with Crippen LogP contribution >= 0.6 is 0 Å². The van der Waals surface area contributed by atoms with Crippen LogP contribution in [0.1, 0.15) is 6.92 Å². The van der Waals surface area contributed by atoms with Gasteiger partial charge in [-0.05, 0) is 25.1 Å². The number of anilines is 1. The third kappa shape index (κ3) is 2.75. The maximum absolute atomic E-state index is 12.6. The van der Waals surface area contributed by atoms with Crippen molar-refractivity contribution in [3.05, 3.63) is 48.7 Å². The molecule has 2 aromatic rings. The Labute approximate surface area is 118 Å². The van der Waals surface area contributed by atoms with Crippen molar-refractivity contribution in [2.75, 3.05) is 18.0 Å². The summed E-state index contributed by atoms with van der Waals surface area (Å²) in [5.74, 6) is 0.381. The van der Waals surface area contributed by atoms with Gasteiger partial charge < -0.3 is 4.74 Å². The summed E-state index contributed by atoms with van der Waals surface area (Å²) in [7, 11) is -2.13. The second kappa shape index (κ2) is 5.92. The van der Waals surface area contributed by atoms with Gasteiger partial charge >= 0.3 is 0 Å². The molecule has 0 spiro atoms. The zero-order chi connectivity index (χ0) is 14.6. The van der Waals surface area contributed by atoms with Crippen LogP contribution in [0.25, 0.3) is 0 Å². The lowest BCUT2D eigenvalue weighted by Crippen LogP contribution is -2.30. The van der Waals surface area contributed by atoms with Crippen LogP contribution in [0.3, 0.4) is 0 Å². The molecule has 5 nitrogen and oxygen atoms in total. The monoisotopic (exact) mass is 292 g/mol. The summed E-state index contributed by atoms with van der Waals surface area (Å²) < 4.78 is 31.5.